The Morgan fingerprint density at radius 3 is 2.50 bits per heavy atom. The zero-order valence-electron chi connectivity index (χ0n) is 15.3. The van der Waals surface area contributed by atoms with Crippen LogP contribution in [0.3, 0.4) is 0 Å². The predicted octanol–water partition coefficient (Wildman–Crippen LogP) is 2.69. The molecule has 0 amide bonds. The van der Waals surface area contributed by atoms with Gasteiger partial charge in [-0.1, -0.05) is 0 Å². The van der Waals surface area contributed by atoms with Crippen LogP contribution in [0.5, 0.6) is 0 Å². The number of piperazine rings is 1. The summed E-state index contributed by atoms with van der Waals surface area (Å²) in [7, 11) is 2.15. The Balaban J connectivity index is 1.91. The second-order valence-electron chi connectivity index (χ2n) is 8.10. The third-order valence-electron chi connectivity index (χ3n) is 4.81. The average molecular weight is 346 g/mol. The van der Waals surface area contributed by atoms with E-state index in [4.69, 9.17) is 4.99 Å². The molecule has 2 aliphatic heterocycles. The topological polar surface area (TPSA) is 54.7 Å². The number of fused-ring (bicyclic) bond motifs is 1. The maximum Gasteiger partial charge on any atom is 0.136 e. The minimum absolute atomic E-state index is 0.0123. The predicted molar refractivity (Wildman–Crippen MR) is 100 cm³/mol. The minimum atomic E-state index is -0.130. The van der Waals surface area contributed by atoms with Gasteiger partial charge in [0.15, 0.2) is 0 Å². The molecule has 2 aliphatic rings. The summed E-state index contributed by atoms with van der Waals surface area (Å²) in [5, 5.41) is 14.3. The van der Waals surface area contributed by atoms with Gasteiger partial charge in [-0.15, -0.1) is 11.3 Å². The fourth-order valence-corrected chi connectivity index (χ4v) is 4.96. The van der Waals surface area contributed by atoms with Crippen molar-refractivity contribution < 1.29 is 0 Å². The number of rotatable bonds is 2. The second kappa shape index (κ2) is 6.14. The first-order valence-corrected chi connectivity index (χ1v) is 9.36. The molecule has 5 nitrogen and oxygen atoms in total. The summed E-state index contributed by atoms with van der Waals surface area (Å²) < 4.78 is 0. The van der Waals surface area contributed by atoms with Gasteiger partial charge in [0, 0.05) is 42.1 Å². The first kappa shape index (κ1) is 17.4. The largest absolute Gasteiger partial charge is 0.360 e. The number of likely N-dealkylation sites (N-methyl/N-ethyl adjacent to an activating group) is 1. The molecule has 6 heteroatoms. The van der Waals surface area contributed by atoms with Crippen LogP contribution in [0.25, 0.3) is 0 Å². The Kier molecular flexibility index (Phi) is 4.45. The van der Waals surface area contributed by atoms with Crippen molar-refractivity contribution in [1.82, 2.24) is 15.1 Å². The standard InChI is InChI=1S/C18H27N5S/c1-17(2)10-13-14(11-19)16(24-15(13)18(3,4)21-17)20-12-23-8-6-22(5)7-9-23/h12,21H,6-10H2,1-5H3/b20-12+. The number of hydrogen-bond donors (Lipinski definition) is 1. The van der Waals surface area contributed by atoms with Crippen LogP contribution in [-0.4, -0.2) is 54.9 Å². The highest BCUT2D eigenvalue weighted by Gasteiger charge is 2.40. The summed E-state index contributed by atoms with van der Waals surface area (Å²) in [6.45, 7) is 12.9. The molecule has 3 rings (SSSR count). The van der Waals surface area contributed by atoms with Crippen molar-refractivity contribution >= 4 is 22.7 Å². The van der Waals surface area contributed by atoms with Gasteiger partial charge in [-0.2, -0.15) is 5.26 Å². The van der Waals surface area contributed by atoms with Gasteiger partial charge in [0.1, 0.15) is 11.1 Å². The van der Waals surface area contributed by atoms with E-state index in [0.717, 1.165) is 43.2 Å². The highest BCUT2D eigenvalue weighted by atomic mass is 32.1. The summed E-state index contributed by atoms with van der Waals surface area (Å²) >= 11 is 1.66. The molecule has 1 N–H and O–H groups in total. The number of aliphatic imine (C=N–C) groups is 1. The van der Waals surface area contributed by atoms with E-state index < -0.39 is 0 Å². The van der Waals surface area contributed by atoms with Gasteiger partial charge < -0.3 is 15.1 Å². The van der Waals surface area contributed by atoms with Crippen LogP contribution in [0.15, 0.2) is 4.99 Å². The Labute approximate surface area is 149 Å². The van der Waals surface area contributed by atoms with E-state index in [0.29, 0.717) is 0 Å². The van der Waals surface area contributed by atoms with Crippen molar-refractivity contribution in [3.8, 4) is 6.07 Å². The molecule has 3 heterocycles. The molecule has 0 spiro atoms. The summed E-state index contributed by atoms with van der Waals surface area (Å²) in [5.41, 5.74) is 1.81. The molecular formula is C18H27N5S. The van der Waals surface area contributed by atoms with Crippen LogP contribution in [0.1, 0.15) is 43.7 Å². The normalized spacial score (nSPS) is 23.2. The highest BCUT2D eigenvalue weighted by molar-refractivity contribution is 7.16. The monoisotopic (exact) mass is 345 g/mol. The molecule has 1 saturated heterocycles. The third kappa shape index (κ3) is 3.34. The zero-order valence-corrected chi connectivity index (χ0v) is 16.1. The Morgan fingerprint density at radius 2 is 1.88 bits per heavy atom. The summed E-state index contributed by atoms with van der Waals surface area (Å²) in [6, 6.07) is 2.42. The first-order chi connectivity index (χ1) is 11.2. The van der Waals surface area contributed by atoms with E-state index in [1.807, 2.05) is 6.34 Å². The minimum Gasteiger partial charge on any atom is -0.360 e. The van der Waals surface area contributed by atoms with Crippen molar-refractivity contribution in [2.75, 3.05) is 33.2 Å². The SMILES string of the molecule is CN1CCN(/C=N/c2sc3c(c2C#N)CC(C)(C)NC3(C)C)CC1. The molecule has 0 radical (unpaired) electrons. The fraction of sp³-hybridized carbons (Fsp3) is 0.667. The molecule has 130 valence electrons. The maximum absolute atomic E-state index is 9.72. The Hall–Kier alpha value is -1.42. The third-order valence-corrected chi connectivity index (χ3v) is 6.28. The van der Waals surface area contributed by atoms with E-state index in [1.54, 1.807) is 11.3 Å². The van der Waals surface area contributed by atoms with Crippen molar-refractivity contribution in [2.24, 2.45) is 4.99 Å². The van der Waals surface area contributed by atoms with Crippen LogP contribution >= 0.6 is 11.3 Å². The lowest BCUT2D eigenvalue weighted by atomic mass is 9.81. The average Bonchev–Trinajstić information content (AvgIpc) is 2.83. The number of nitrogens with one attached hydrogen (secondary N) is 1. The van der Waals surface area contributed by atoms with Crippen LogP contribution in [0.2, 0.25) is 0 Å². The molecule has 1 aromatic rings. The van der Waals surface area contributed by atoms with E-state index in [2.05, 4.69) is 55.9 Å². The molecule has 0 aliphatic carbocycles. The molecule has 1 aromatic heterocycles. The van der Waals surface area contributed by atoms with Gasteiger partial charge in [0.05, 0.1) is 11.9 Å². The zero-order chi connectivity index (χ0) is 17.5. The highest BCUT2D eigenvalue weighted by Crippen LogP contribution is 2.45. The number of hydrogen-bond acceptors (Lipinski definition) is 5. The fourth-order valence-electron chi connectivity index (χ4n) is 3.79. The summed E-state index contributed by atoms with van der Waals surface area (Å²) in [6.07, 6.45) is 2.80. The molecule has 0 unspecified atom stereocenters. The van der Waals surface area contributed by atoms with Crippen LogP contribution in [0, 0.1) is 11.3 Å². The Bertz CT molecular complexity index is 687. The van der Waals surface area contributed by atoms with Gasteiger partial charge in [0.2, 0.25) is 0 Å². The van der Waals surface area contributed by atoms with Crippen molar-refractivity contribution in [3.63, 3.8) is 0 Å². The van der Waals surface area contributed by atoms with E-state index in [-0.39, 0.29) is 11.1 Å². The molecule has 1 fully saturated rings. The van der Waals surface area contributed by atoms with Crippen molar-refractivity contribution in [3.05, 3.63) is 16.0 Å². The smallest absolute Gasteiger partial charge is 0.136 e. The molecule has 0 bridgehead atoms. The van der Waals surface area contributed by atoms with Crippen LogP contribution in [-0.2, 0) is 12.0 Å². The van der Waals surface area contributed by atoms with Crippen molar-refractivity contribution in [2.45, 2.75) is 45.2 Å². The lowest BCUT2D eigenvalue weighted by Crippen LogP contribution is -2.54. The van der Waals surface area contributed by atoms with Crippen molar-refractivity contribution in [1.29, 1.82) is 5.26 Å². The number of nitrogens with zero attached hydrogens (tertiary/aromatic N) is 4. The lowest BCUT2D eigenvalue weighted by molar-refractivity contribution is 0.219. The lowest BCUT2D eigenvalue weighted by Gasteiger charge is -2.42. The second-order valence-corrected chi connectivity index (χ2v) is 9.10. The molecular weight excluding hydrogens is 318 g/mol. The van der Waals surface area contributed by atoms with Gasteiger partial charge in [0.25, 0.3) is 0 Å². The first-order valence-electron chi connectivity index (χ1n) is 8.54. The van der Waals surface area contributed by atoms with Gasteiger partial charge in [-0.05, 0) is 46.7 Å². The van der Waals surface area contributed by atoms with E-state index >= 15 is 0 Å². The van der Waals surface area contributed by atoms with E-state index in [1.165, 1.54) is 10.4 Å². The number of nitriles is 1. The number of thiophene rings is 1. The van der Waals surface area contributed by atoms with Gasteiger partial charge >= 0.3 is 0 Å². The maximum atomic E-state index is 9.72. The summed E-state index contributed by atoms with van der Waals surface area (Å²) in [4.78, 5) is 10.5. The van der Waals surface area contributed by atoms with Crippen LogP contribution in [0.4, 0.5) is 5.00 Å². The molecule has 0 aromatic carbocycles. The molecule has 0 saturated carbocycles. The Morgan fingerprint density at radius 1 is 1.21 bits per heavy atom. The van der Waals surface area contributed by atoms with E-state index in [9.17, 15) is 5.26 Å². The molecule has 0 atom stereocenters. The summed E-state index contributed by atoms with van der Waals surface area (Å²) in [5.74, 6) is 0. The van der Waals surface area contributed by atoms with Crippen LogP contribution < -0.4 is 5.32 Å². The van der Waals surface area contributed by atoms with Gasteiger partial charge in [-0.3, -0.25) is 0 Å². The van der Waals surface area contributed by atoms with Gasteiger partial charge in [-0.25, -0.2) is 4.99 Å². The molecule has 24 heavy (non-hydrogen) atoms. The quantitative estimate of drug-likeness (QED) is 0.661.